The van der Waals surface area contributed by atoms with E-state index in [1.807, 2.05) is 19.1 Å². The fourth-order valence-corrected chi connectivity index (χ4v) is 2.39. The summed E-state index contributed by atoms with van der Waals surface area (Å²) in [6.07, 6.45) is 1.93. The number of rotatable bonds is 2. The molecule has 2 rings (SSSR count). The first-order valence-corrected chi connectivity index (χ1v) is 6.31. The smallest absolute Gasteiger partial charge is 0.224 e. The lowest BCUT2D eigenvalue weighted by Crippen LogP contribution is -2.42. The lowest BCUT2D eigenvalue weighted by atomic mass is 9.97. The third-order valence-electron chi connectivity index (χ3n) is 3.38. The summed E-state index contributed by atoms with van der Waals surface area (Å²) in [6.45, 7) is 3.55. The molecule has 1 aromatic heterocycles. The highest BCUT2D eigenvalue weighted by molar-refractivity contribution is 5.79. The summed E-state index contributed by atoms with van der Waals surface area (Å²) >= 11 is 0. The van der Waals surface area contributed by atoms with Crippen LogP contribution in [0.4, 0.5) is 11.5 Å². The van der Waals surface area contributed by atoms with Crippen LogP contribution in [0.5, 0.6) is 0 Å². The van der Waals surface area contributed by atoms with E-state index >= 15 is 0 Å². The number of piperidine rings is 1. The van der Waals surface area contributed by atoms with Gasteiger partial charge in [-0.05, 0) is 31.9 Å². The highest BCUT2D eigenvalue weighted by atomic mass is 16.1. The van der Waals surface area contributed by atoms with Gasteiger partial charge in [-0.2, -0.15) is 0 Å². The number of nitrogens with zero attached hydrogens (tertiary/aromatic N) is 2. The second-order valence-electron chi connectivity index (χ2n) is 4.76. The van der Waals surface area contributed by atoms with Crippen molar-refractivity contribution in [2.24, 2.45) is 5.92 Å². The fourth-order valence-electron chi connectivity index (χ4n) is 2.39. The molecule has 0 saturated carbocycles. The molecule has 3 N–H and O–H groups in total. The molecule has 1 aromatic rings. The number of carbonyl (C=O) groups is 1. The Morgan fingerprint density at radius 2 is 2.33 bits per heavy atom. The number of pyridine rings is 1. The Morgan fingerprint density at radius 1 is 1.56 bits per heavy atom. The van der Waals surface area contributed by atoms with E-state index in [1.54, 1.807) is 7.05 Å². The van der Waals surface area contributed by atoms with E-state index in [9.17, 15) is 4.79 Å². The van der Waals surface area contributed by atoms with Gasteiger partial charge >= 0.3 is 0 Å². The van der Waals surface area contributed by atoms with Crippen molar-refractivity contribution in [3.8, 4) is 0 Å². The normalized spacial score (nSPS) is 19.7. The maximum Gasteiger partial charge on any atom is 0.224 e. The van der Waals surface area contributed by atoms with Crippen LogP contribution in [0, 0.1) is 12.8 Å². The summed E-state index contributed by atoms with van der Waals surface area (Å²) in [6, 6.07) is 3.78. The van der Waals surface area contributed by atoms with Crippen LogP contribution < -0.4 is 16.0 Å². The number of amides is 1. The Kier molecular flexibility index (Phi) is 3.69. The first kappa shape index (κ1) is 12.7. The maximum absolute atomic E-state index is 11.7. The summed E-state index contributed by atoms with van der Waals surface area (Å²) in [7, 11) is 1.68. The molecule has 98 valence electrons. The molecule has 1 unspecified atom stereocenters. The van der Waals surface area contributed by atoms with Crippen molar-refractivity contribution in [3.05, 3.63) is 17.8 Å². The predicted octanol–water partition coefficient (Wildman–Crippen LogP) is 0.935. The van der Waals surface area contributed by atoms with Gasteiger partial charge in [-0.15, -0.1) is 0 Å². The zero-order valence-electron chi connectivity index (χ0n) is 10.9. The van der Waals surface area contributed by atoms with Crippen LogP contribution in [0.15, 0.2) is 12.1 Å². The van der Waals surface area contributed by atoms with Crippen molar-refractivity contribution in [1.82, 2.24) is 10.3 Å². The van der Waals surface area contributed by atoms with Gasteiger partial charge in [0.25, 0.3) is 0 Å². The van der Waals surface area contributed by atoms with Crippen molar-refractivity contribution in [1.29, 1.82) is 0 Å². The van der Waals surface area contributed by atoms with Gasteiger partial charge in [0.15, 0.2) is 5.82 Å². The van der Waals surface area contributed by atoms with Crippen molar-refractivity contribution >= 4 is 17.4 Å². The van der Waals surface area contributed by atoms with Crippen LogP contribution in [-0.4, -0.2) is 31.0 Å². The van der Waals surface area contributed by atoms with Gasteiger partial charge in [0.2, 0.25) is 5.91 Å². The van der Waals surface area contributed by atoms with Crippen molar-refractivity contribution < 1.29 is 4.79 Å². The molecule has 0 aliphatic carbocycles. The standard InChI is InChI=1S/C13H20N4O/c1-9-5-6-11(14)12(16-9)17-7-3-4-10(8-17)13(18)15-2/h5-6,10H,3-4,7-8,14H2,1-2H3,(H,15,18). The highest BCUT2D eigenvalue weighted by Crippen LogP contribution is 2.26. The number of nitrogens with one attached hydrogen (secondary N) is 1. The van der Waals surface area contributed by atoms with Crippen LogP contribution in [0.2, 0.25) is 0 Å². The summed E-state index contributed by atoms with van der Waals surface area (Å²) in [5.41, 5.74) is 7.59. The van der Waals surface area contributed by atoms with Crippen molar-refractivity contribution in [2.75, 3.05) is 30.8 Å². The Bertz CT molecular complexity index is 447. The second-order valence-corrected chi connectivity index (χ2v) is 4.76. The molecule has 2 heterocycles. The van der Waals surface area contributed by atoms with E-state index in [2.05, 4.69) is 15.2 Å². The number of aromatic nitrogens is 1. The van der Waals surface area contributed by atoms with Gasteiger partial charge in [0.1, 0.15) is 0 Å². The van der Waals surface area contributed by atoms with Crippen LogP contribution in [0.1, 0.15) is 18.5 Å². The molecule has 1 atom stereocenters. The monoisotopic (exact) mass is 248 g/mol. The number of aryl methyl sites for hydroxylation is 1. The minimum absolute atomic E-state index is 0.0328. The third kappa shape index (κ3) is 2.55. The summed E-state index contributed by atoms with van der Waals surface area (Å²) in [4.78, 5) is 18.3. The summed E-state index contributed by atoms with van der Waals surface area (Å²) in [5, 5.41) is 2.72. The molecule has 1 fully saturated rings. The van der Waals surface area contributed by atoms with Gasteiger partial charge in [-0.25, -0.2) is 4.98 Å². The van der Waals surface area contributed by atoms with Crippen LogP contribution in [0.25, 0.3) is 0 Å². The number of nitrogens with two attached hydrogens (primary N) is 1. The van der Waals surface area contributed by atoms with E-state index in [4.69, 9.17) is 5.73 Å². The van der Waals surface area contributed by atoms with Gasteiger partial charge in [0.05, 0.1) is 11.6 Å². The molecule has 1 aliphatic heterocycles. The van der Waals surface area contributed by atoms with Crippen LogP contribution >= 0.6 is 0 Å². The molecule has 18 heavy (non-hydrogen) atoms. The van der Waals surface area contributed by atoms with Gasteiger partial charge in [-0.1, -0.05) is 0 Å². The minimum atomic E-state index is 0.0328. The molecule has 0 spiro atoms. The molecule has 0 radical (unpaired) electrons. The molecule has 1 saturated heterocycles. The molecule has 1 amide bonds. The Labute approximate surface area is 107 Å². The first-order valence-electron chi connectivity index (χ1n) is 6.31. The molecule has 5 heteroatoms. The van der Waals surface area contributed by atoms with E-state index < -0.39 is 0 Å². The van der Waals surface area contributed by atoms with E-state index in [0.717, 1.165) is 30.9 Å². The Hall–Kier alpha value is -1.78. The Morgan fingerprint density at radius 3 is 3.06 bits per heavy atom. The summed E-state index contributed by atoms with van der Waals surface area (Å²) < 4.78 is 0. The molecule has 5 nitrogen and oxygen atoms in total. The zero-order chi connectivity index (χ0) is 13.1. The molecule has 0 aromatic carbocycles. The Balaban J connectivity index is 2.18. The number of nitrogen functional groups attached to an aromatic ring is 1. The molecular formula is C13H20N4O. The number of anilines is 2. The quantitative estimate of drug-likeness (QED) is 0.817. The van der Waals surface area contributed by atoms with Crippen molar-refractivity contribution in [3.63, 3.8) is 0 Å². The SMILES string of the molecule is CNC(=O)C1CCCN(c2nc(C)ccc2N)C1. The lowest BCUT2D eigenvalue weighted by molar-refractivity contribution is -0.124. The number of hydrogen-bond acceptors (Lipinski definition) is 4. The molecule has 1 aliphatic rings. The van der Waals surface area contributed by atoms with E-state index in [1.165, 1.54) is 0 Å². The average Bonchev–Trinajstić information content (AvgIpc) is 2.40. The maximum atomic E-state index is 11.7. The molecule has 0 bridgehead atoms. The minimum Gasteiger partial charge on any atom is -0.396 e. The summed E-state index contributed by atoms with van der Waals surface area (Å²) in [5.74, 6) is 0.944. The lowest BCUT2D eigenvalue weighted by Gasteiger charge is -2.33. The van der Waals surface area contributed by atoms with Gasteiger partial charge in [0, 0.05) is 25.8 Å². The topological polar surface area (TPSA) is 71.2 Å². The fraction of sp³-hybridized carbons (Fsp3) is 0.538. The van der Waals surface area contributed by atoms with Crippen molar-refractivity contribution in [2.45, 2.75) is 19.8 Å². The first-order chi connectivity index (χ1) is 8.61. The second kappa shape index (κ2) is 5.25. The predicted molar refractivity (Wildman–Crippen MR) is 72.4 cm³/mol. The average molecular weight is 248 g/mol. The zero-order valence-corrected chi connectivity index (χ0v) is 10.9. The molecular weight excluding hydrogens is 228 g/mol. The largest absolute Gasteiger partial charge is 0.396 e. The van der Waals surface area contributed by atoms with Gasteiger partial charge < -0.3 is 16.0 Å². The van der Waals surface area contributed by atoms with Gasteiger partial charge in [-0.3, -0.25) is 4.79 Å². The van der Waals surface area contributed by atoms with E-state index in [-0.39, 0.29) is 11.8 Å². The number of carbonyl (C=O) groups excluding carboxylic acids is 1. The van der Waals surface area contributed by atoms with Crippen LogP contribution in [0.3, 0.4) is 0 Å². The number of hydrogen-bond donors (Lipinski definition) is 2. The third-order valence-corrected chi connectivity index (χ3v) is 3.38. The van der Waals surface area contributed by atoms with Crippen LogP contribution in [-0.2, 0) is 4.79 Å². The van der Waals surface area contributed by atoms with E-state index in [0.29, 0.717) is 12.2 Å². The highest BCUT2D eigenvalue weighted by Gasteiger charge is 2.26.